The van der Waals surface area contributed by atoms with E-state index in [1.54, 1.807) is 6.20 Å². The highest BCUT2D eigenvalue weighted by molar-refractivity contribution is 6.28. The second-order valence-electron chi connectivity index (χ2n) is 4.08. The smallest absolute Gasteiger partial charge is 0.226 e. The third-order valence-electron chi connectivity index (χ3n) is 2.79. The minimum Gasteiger partial charge on any atom is -0.369 e. The molecule has 0 bridgehead atoms. The molecule has 6 heteroatoms. The Morgan fingerprint density at radius 3 is 3.00 bits per heavy atom. The first-order chi connectivity index (χ1) is 9.33. The van der Waals surface area contributed by atoms with Crippen molar-refractivity contribution in [2.75, 3.05) is 11.9 Å². The van der Waals surface area contributed by atoms with E-state index < -0.39 is 0 Å². The molecule has 3 aromatic rings. The van der Waals surface area contributed by atoms with E-state index in [-0.39, 0.29) is 5.28 Å². The van der Waals surface area contributed by atoms with E-state index in [9.17, 15) is 0 Å². The minimum absolute atomic E-state index is 0.232. The third-order valence-corrected chi connectivity index (χ3v) is 2.96. The number of aromatic nitrogens is 4. The average Bonchev–Trinajstić information content (AvgIpc) is 2.88. The van der Waals surface area contributed by atoms with Crippen LogP contribution in [0.3, 0.4) is 0 Å². The first kappa shape index (κ1) is 11.9. The van der Waals surface area contributed by atoms with Crippen molar-refractivity contribution < 1.29 is 0 Å². The van der Waals surface area contributed by atoms with Crippen LogP contribution in [0.15, 0.2) is 36.7 Å². The molecule has 0 saturated carbocycles. The molecule has 3 rings (SSSR count). The van der Waals surface area contributed by atoms with E-state index >= 15 is 0 Å². The molecular weight excluding hydrogens is 262 g/mol. The van der Waals surface area contributed by atoms with Crippen molar-refractivity contribution in [3.05, 3.63) is 47.6 Å². The molecule has 0 radical (unpaired) electrons. The number of nitrogens with one attached hydrogen (secondary N) is 2. The van der Waals surface area contributed by atoms with Gasteiger partial charge in [-0.3, -0.25) is 4.98 Å². The fourth-order valence-electron chi connectivity index (χ4n) is 1.90. The molecule has 19 heavy (non-hydrogen) atoms. The Morgan fingerprint density at radius 2 is 2.16 bits per heavy atom. The van der Waals surface area contributed by atoms with Crippen LogP contribution in [0, 0.1) is 0 Å². The summed E-state index contributed by atoms with van der Waals surface area (Å²) in [6, 6.07) is 7.81. The van der Waals surface area contributed by atoms with Crippen LogP contribution in [0.1, 0.15) is 5.69 Å². The summed E-state index contributed by atoms with van der Waals surface area (Å²) in [6.07, 6.45) is 4.44. The number of pyridine rings is 1. The number of nitrogens with zero attached hydrogens (tertiary/aromatic N) is 3. The standard InChI is InChI=1S/C13H12ClN5/c14-13-18-11(10-5-8-17-12(10)19-13)16-7-4-9-3-1-2-6-15-9/h1-3,5-6,8H,4,7H2,(H2,16,17,18,19). The highest BCUT2D eigenvalue weighted by Crippen LogP contribution is 2.20. The fraction of sp³-hybridized carbons (Fsp3) is 0.154. The van der Waals surface area contributed by atoms with Crippen molar-refractivity contribution in [2.45, 2.75) is 6.42 Å². The summed E-state index contributed by atoms with van der Waals surface area (Å²) in [5.41, 5.74) is 1.78. The van der Waals surface area contributed by atoms with Gasteiger partial charge < -0.3 is 10.3 Å². The first-order valence-corrected chi connectivity index (χ1v) is 6.35. The van der Waals surface area contributed by atoms with Crippen LogP contribution < -0.4 is 5.32 Å². The van der Waals surface area contributed by atoms with Crippen molar-refractivity contribution in [3.63, 3.8) is 0 Å². The van der Waals surface area contributed by atoms with Gasteiger partial charge in [-0.15, -0.1) is 0 Å². The van der Waals surface area contributed by atoms with Crippen molar-refractivity contribution in [2.24, 2.45) is 0 Å². The summed E-state index contributed by atoms with van der Waals surface area (Å²) >= 11 is 5.88. The summed E-state index contributed by atoms with van der Waals surface area (Å²) in [5.74, 6) is 0.743. The second-order valence-corrected chi connectivity index (χ2v) is 4.42. The average molecular weight is 274 g/mol. The van der Waals surface area contributed by atoms with Crippen LogP contribution >= 0.6 is 11.6 Å². The zero-order valence-corrected chi connectivity index (χ0v) is 10.9. The van der Waals surface area contributed by atoms with Gasteiger partial charge in [0.2, 0.25) is 5.28 Å². The highest BCUT2D eigenvalue weighted by Gasteiger charge is 2.06. The lowest BCUT2D eigenvalue weighted by molar-refractivity contribution is 0.954. The summed E-state index contributed by atoms with van der Waals surface area (Å²) in [6.45, 7) is 0.741. The van der Waals surface area contributed by atoms with Crippen LogP contribution in [-0.4, -0.2) is 26.5 Å². The molecule has 96 valence electrons. The van der Waals surface area contributed by atoms with Gasteiger partial charge >= 0.3 is 0 Å². The number of fused-ring (bicyclic) bond motifs is 1. The van der Waals surface area contributed by atoms with Crippen LogP contribution in [0.4, 0.5) is 5.82 Å². The first-order valence-electron chi connectivity index (χ1n) is 5.97. The lowest BCUT2D eigenvalue weighted by Crippen LogP contribution is -2.08. The van der Waals surface area contributed by atoms with Gasteiger partial charge in [0.05, 0.1) is 5.39 Å². The molecule has 0 amide bonds. The molecule has 0 aliphatic heterocycles. The highest BCUT2D eigenvalue weighted by atomic mass is 35.5. The Kier molecular flexibility index (Phi) is 3.29. The number of hydrogen-bond acceptors (Lipinski definition) is 4. The van der Waals surface area contributed by atoms with Crippen LogP contribution in [0.25, 0.3) is 11.0 Å². The topological polar surface area (TPSA) is 66.5 Å². The zero-order valence-electron chi connectivity index (χ0n) is 10.1. The third kappa shape index (κ3) is 2.66. The molecule has 0 spiro atoms. The Hall–Kier alpha value is -2.14. The normalized spacial score (nSPS) is 10.8. The van der Waals surface area contributed by atoms with Crippen LogP contribution in [0.5, 0.6) is 0 Å². The second kappa shape index (κ2) is 5.24. The summed E-state index contributed by atoms with van der Waals surface area (Å²) in [4.78, 5) is 15.6. The summed E-state index contributed by atoms with van der Waals surface area (Å²) < 4.78 is 0. The molecule has 0 unspecified atom stereocenters. The molecule has 2 N–H and O–H groups in total. The maximum atomic E-state index is 5.88. The Bertz CT molecular complexity index is 680. The molecule has 0 aliphatic carbocycles. The van der Waals surface area contributed by atoms with Crippen LogP contribution in [0.2, 0.25) is 5.28 Å². The molecule has 3 heterocycles. The van der Waals surface area contributed by atoms with Gasteiger partial charge in [-0.1, -0.05) is 6.07 Å². The molecular formula is C13H12ClN5. The maximum Gasteiger partial charge on any atom is 0.226 e. The largest absolute Gasteiger partial charge is 0.369 e. The van der Waals surface area contributed by atoms with E-state index in [1.165, 1.54) is 0 Å². The van der Waals surface area contributed by atoms with Crippen LogP contribution in [-0.2, 0) is 6.42 Å². The van der Waals surface area contributed by atoms with Gasteiger partial charge in [0, 0.05) is 31.1 Å². The number of rotatable bonds is 4. The lowest BCUT2D eigenvalue weighted by Gasteiger charge is -2.06. The molecule has 0 atom stereocenters. The van der Waals surface area contributed by atoms with Crippen molar-refractivity contribution in [1.29, 1.82) is 0 Å². The predicted molar refractivity (Wildman–Crippen MR) is 75.3 cm³/mol. The summed E-state index contributed by atoms with van der Waals surface area (Å²) in [5, 5.41) is 4.43. The minimum atomic E-state index is 0.232. The van der Waals surface area contributed by atoms with E-state index in [0.717, 1.165) is 35.5 Å². The lowest BCUT2D eigenvalue weighted by atomic mass is 10.2. The Balaban J connectivity index is 1.73. The number of anilines is 1. The number of H-pyrrole nitrogens is 1. The summed E-state index contributed by atoms with van der Waals surface area (Å²) in [7, 11) is 0. The fourth-order valence-corrected chi connectivity index (χ4v) is 2.07. The molecule has 5 nitrogen and oxygen atoms in total. The number of hydrogen-bond donors (Lipinski definition) is 2. The molecule has 3 aromatic heterocycles. The van der Waals surface area contributed by atoms with Crippen molar-refractivity contribution in [1.82, 2.24) is 19.9 Å². The van der Waals surface area contributed by atoms with Gasteiger partial charge in [0.1, 0.15) is 11.5 Å². The maximum absolute atomic E-state index is 5.88. The van der Waals surface area contributed by atoms with Gasteiger partial charge in [0.15, 0.2) is 0 Å². The number of halogens is 1. The van der Waals surface area contributed by atoms with E-state index in [2.05, 4.69) is 25.3 Å². The SMILES string of the molecule is Clc1nc(NCCc2ccccn2)c2cc[nH]c2n1. The van der Waals surface area contributed by atoms with E-state index in [4.69, 9.17) is 11.6 Å². The van der Waals surface area contributed by atoms with Gasteiger partial charge in [-0.2, -0.15) is 4.98 Å². The molecule has 0 fully saturated rings. The van der Waals surface area contributed by atoms with Gasteiger partial charge in [-0.05, 0) is 29.8 Å². The van der Waals surface area contributed by atoms with Gasteiger partial charge in [-0.25, -0.2) is 4.98 Å². The van der Waals surface area contributed by atoms with E-state index in [0.29, 0.717) is 0 Å². The zero-order chi connectivity index (χ0) is 13.1. The Labute approximate surface area is 115 Å². The predicted octanol–water partition coefficient (Wildman–Crippen LogP) is 2.66. The molecule has 0 aliphatic rings. The van der Waals surface area contributed by atoms with Crippen molar-refractivity contribution >= 4 is 28.5 Å². The monoisotopic (exact) mass is 273 g/mol. The molecule has 0 aromatic carbocycles. The van der Waals surface area contributed by atoms with E-state index in [1.807, 2.05) is 30.5 Å². The number of aromatic amines is 1. The quantitative estimate of drug-likeness (QED) is 0.717. The van der Waals surface area contributed by atoms with Crippen molar-refractivity contribution in [3.8, 4) is 0 Å². The van der Waals surface area contributed by atoms with Gasteiger partial charge in [0.25, 0.3) is 0 Å². The molecule has 0 saturated heterocycles. The Morgan fingerprint density at radius 1 is 1.21 bits per heavy atom.